The van der Waals surface area contributed by atoms with Crippen molar-refractivity contribution in [2.24, 2.45) is 17.4 Å². The third kappa shape index (κ3) is 3.48. The number of amides is 2. The van der Waals surface area contributed by atoms with Gasteiger partial charge in [0.05, 0.1) is 5.54 Å². The Hall–Kier alpha value is -2.08. The van der Waals surface area contributed by atoms with E-state index in [9.17, 15) is 9.59 Å². The molecule has 0 aliphatic heterocycles. The number of carbonyl (C=O) groups excluding carboxylic acids is 2. The van der Waals surface area contributed by atoms with Crippen LogP contribution in [0.3, 0.4) is 0 Å². The van der Waals surface area contributed by atoms with Crippen molar-refractivity contribution >= 4 is 17.5 Å². The first-order valence-corrected chi connectivity index (χ1v) is 6.51. The van der Waals surface area contributed by atoms with Crippen LogP contribution in [0, 0.1) is 5.92 Å². The minimum Gasteiger partial charge on any atom is -0.484 e. The maximum absolute atomic E-state index is 12.1. The first kappa shape index (κ1) is 14.3. The Morgan fingerprint density at radius 3 is 2.75 bits per heavy atom. The van der Waals surface area contributed by atoms with E-state index in [1.165, 1.54) is 0 Å². The monoisotopic (exact) mass is 277 g/mol. The normalized spacial score (nSPS) is 17.1. The zero-order chi connectivity index (χ0) is 14.8. The zero-order valence-electron chi connectivity index (χ0n) is 11.4. The van der Waals surface area contributed by atoms with Gasteiger partial charge in [-0.2, -0.15) is 0 Å². The number of hydrogen-bond donors (Lipinski definition) is 3. The molecule has 2 amide bonds. The van der Waals surface area contributed by atoms with Crippen molar-refractivity contribution in [3.63, 3.8) is 0 Å². The van der Waals surface area contributed by atoms with Crippen molar-refractivity contribution < 1.29 is 14.3 Å². The van der Waals surface area contributed by atoms with Crippen molar-refractivity contribution in [3.8, 4) is 5.75 Å². The average Bonchev–Trinajstić information content (AvgIpc) is 3.21. The molecule has 6 heteroatoms. The first-order chi connectivity index (χ1) is 9.39. The van der Waals surface area contributed by atoms with E-state index in [-0.39, 0.29) is 18.4 Å². The molecular formula is C14H19N3O3. The molecule has 0 saturated heterocycles. The molecule has 1 unspecified atom stereocenters. The largest absolute Gasteiger partial charge is 0.484 e. The fourth-order valence-corrected chi connectivity index (χ4v) is 1.95. The summed E-state index contributed by atoms with van der Waals surface area (Å²) in [4.78, 5) is 22.8. The summed E-state index contributed by atoms with van der Waals surface area (Å²) < 4.78 is 5.18. The van der Waals surface area contributed by atoms with Gasteiger partial charge in [-0.3, -0.25) is 9.59 Å². The number of primary amides is 1. The fraction of sp³-hybridized carbons (Fsp3) is 0.429. The molecule has 20 heavy (non-hydrogen) atoms. The van der Waals surface area contributed by atoms with Crippen LogP contribution in [-0.4, -0.2) is 24.0 Å². The Morgan fingerprint density at radius 2 is 2.15 bits per heavy atom. The van der Waals surface area contributed by atoms with Crippen LogP contribution in [0.1, 0.15) is 19.8 Å². The summed E-state index contributed by atoms with van der Waals surface area (Å²) in [5, 5.41) is 2.77. The number of nitrogens with two attached hydrogens (primary N) is 2. The number of nitrogens with one attached hydrogen (secondary N) is 1. The van der Waals surface area contributed by atoms with Crippen LogP contribution in [0.4, 0.5) is 5.69 Å². The lowest BCUT2D eigenvalue weighted by molar-refractivity contribution is -0.121. The lowest BCUT2D eigenvalue weighted by Crippen LogP contribution is -2.50. The van der Waals surface area contributed by atoms with E-state index in [0.29, 0.717) is 11.4 Å². The predicted octanol–water partition coefficient (Wildman–Crippen LogP) is 0.617. The second-order valence-electron chi connectivity index (χ2n) is 5.29. The predicted molar refractivity (Wildman–Crippen MR) is 75.1 cm³/mol. The minimum absolute atomic E-state index is 0.200. The number of benzene rings is 1. The van der Waals surface area contributed by atoms with Crippen LogP contribution in [0.5, 0.6) is 5.75 Å². The van der Waals surface area contributed by atoms with Gasteiger partial charge in [-0.25, -0.2) is 0 Å². The Morgan fingerprint density at radius 1 is 1.45 bits per heavy atom. The molecule has 0 heterocycles. The topological polar surface area (TPSA) is 107 Å². The van der Waals surface area contributed by atoms with Crippen LogP contribution >= 0.6 is 0 Å². The Balaban J connectivity index is 2.00. The fourth-order valence-electron chi connectivity index (χ4n) is 1.95. The molecular weight excluding hydrogens is 258 g/mol. The molecule has 1 saturated carbocycles. The highest BCUT2D eigenvalue weighted by molar-refractivity contribution is 5.98. The average molecular weight is 277 g/mol. The number of ether oxygens (including phenoxy) is 1. The Kier molecular flexibility index (Phi) is 3.94. The summed E-state index contributed by atoms with van der Waals surface area (Å²) in [6.45, 7) is 1.54. The molecule has 5 N–H and O–H groups in total. The second kappa shape index (κ2) is 5.50. The number of anilines is 1. The lowest BCUT2D eigenvalue weighted by Gasteiger charge is -2.23. The molecule has 1 atom stereocenters. The van der Waals surface area contributed by atoms with Gasteiger partial charge in [0.15, 0.2) is 6.61 Å². The van der Waals surface area contributed by atoms with E-state index >= 15 is 0 Å². The molecule has 1 aromatic carbocycles. The summed E-state index contributed by atoms with van der Waals surface area (Å²) in [6, 6.07) is 6.76. The first-order valence-electron chi connectivity index (χ1n) is 6.51. The molecule has 1 aliphatic rings. The van der Waals surface area contributed by atoms with E-state index in [1.807, 2.05) is 0 Å². The molecule has 2 rings (SSSR count). The van der Waals surface area contributed by atoms with Crippen molar-refractivity contribution in [3.05, 3.63) is 24.3 Å². The van der Waals surface area contributed by atoms with E-state index < -0.39 is 11.4 Å². The summed E-state index contributed by atoms with van der Waals surface area (Å²) in [6.07, 6.45) is 1.98. The highest BCUT2D eigenvalue weighted by atomic mass is 16.5. The van der Waals surface area contributed by atoms with Gasteiger partial charge in [-0.1, -0.05) is 6.07 Å². The van der Waals surface area contributed by atoms with Crippen LogP contribution in [0.25, 0.3) is 0 Å². The van der Waals surface area contributed by atoms with Crippen molar-refractivity contribution in [2.45, 2.75) is 25.3 Å². The Labute approximate surface area is 117 Å². The standard InChI is InChI=1S/C14H19N3O3/c1-14(16,9-5-6-9)13(19)17-10-3-2-4-11(7-10)20-8-12(15)18/h2-4,7,9H,5-6,8,16H2,1H3,(H2,15,18)(H,17,19). The smallest absolute Gasteiger partial charge is 0.255 e. The van der Waals surface area contributed by atoms with Gasteiger partial charge in [-0.15, -0.1) is 0 Å². The lowest BCUT2D eigenvalue weighted by atomic mass is 9.96. The van der Waals surface area contributed by atoms with Gasteiger partial charge >= 0.3 is 0 Å². The van der Waals surface area contributed by atoms with Crippen LogP contribution in [0.15, 0.2) is 24.3 Å². The minimum atomic E-state index is -0.857. The van der Waals surface area contributed by atoms with Gasteiger partial charge in [-0.05, 0) is 37.8 Å². The molecule has 0 aromatic heterocycles. The van der Waals surface area contributed by atoms with E-state index in [2.05, 4.69) is 5.32 Å². The van der Waals surface area contributed by atoms with Crippen molar-refractivity contribution in [2.75, 3.05) is 11.9 Å². The molecule has 0 radical (unpaired) electrons. The SMILES string of the molecule is CC(N)(C(=O)Nc1cccc(OCC(N)=O)c1)C1CC1. The maximum atomic E-state index is 12.1. The third-order valence-electron chi connectivity index (χ3n) is 3.39. The maximum Gasteiger partial charge on any atom is 0.255 e. The van der Waals surface area contributed by atoms with Crippen molar-refractivity contribution in [1.29, 1.82) is 0 Å². The van der Waals surface area contributed by atoms with Crippen LogP contribution in [0.2, 0.25) is 0 Å². The second-order valence-corrected chi connectivity index (χ2v) is 5.29. The number of rotatable bonds is 6. The van der Waals surface area contributed by atoms with E-state index in [1.54, 1.807) is 31.2 Å². The van der Waals surface area contributed by atoms with Crippen LogP contribution < -0.4 is 21.5 Å². The van der Waals surface area contributed by atoms with Gasteiger partial charge in [0.2, 0.25) is 5.91 Å². The molecule has 1 aromatic rings. The molecule has 1 fully saturated rings. The molecule has 1 aliphatic carbocycles. The van der Waals surface area contributed by atoms with Gasteiger partial charge < -0.3 is 21.5 Å². The third-order valence-corrected chi connectivity index (χ3v) is 3.39. The van der Waals surface area contributed by atoms with Gasteiger partial charge in [0.25, 0.3) is 5.91 Å². The Bertz CT molecular complexity index is 524. The van der Waals surface area contributed by atoms with Gasteiger partial charge in [0.1, 0.15) is 5.75 Å². The molecule has 108 valence electrons. The number of carbonyl (C=O) groups is 2. The highest BCUT2D eigenvalue weighted by Crippen LogP contribution is 2.38. The van der Waals surface area contributed by atoms with Crippen molar-refractivity contribution in [1.82, 2.24) is 0 Å². The quantitative estimate of drug-likeness (QED) is 0.708. The summed E-state index contributed by atoms with van der Waals surface area (Å²) in [5.74, 6) is -0.0571. The van der Waals surface area contributed by atoms with E-state index in [0.717, 1.165) is 12.8 Å². The van der Waals surface area contributed by atoms with Gasteiger partial charge in [0, 0.05) is 11.8 Å². The highest BCUT2D eigenvalue weighted by Gasteiger charge is 2.44. The molecule has 0 spiro atoms. The van der Waals surface area contributed by atoms with Crippen LogP contribution in [-0.2, 0) is 9.59 Å². The van der Waals surface area contributed by atoms with E-state index in [4.69, 9.17) is 16.2 Å². The summed E-state index contributed by atoms with van der Waals surface area (Å²) >= 11 is 0. The zero-order valence-corrected chi connectivity index (χ0v) is 11.4. The summed E-state index contributed by atoms with van der Waals surface area (Å²) in [7, 11) is 0. The molecule has 6 nitrogen and oxygen atoms in total. The molecule has 0 bridgehead atoms. The number of hydrogen-bond acceptors (Lipinski definition) is 4. The summed E-state index contributed by atoms with van der Waals surface area (Å²) in [5.41, 5.74) is 10.8.